The van der Waals surface area contributed by atoms with E-state index < -0.39 is 0 Å². The van der Waals surface area contributed by atoms with Gasteiger partial charge in [-0.15, -0.1) is 0 Å². The molecule has 0 bridgehead atoms. The number of hydrogen-bond acceptors (Lipinski definition) is 4. The van der Waals surface area contributed by atoms with Crippen molar-refractivity contribution in [2.24, 2.45) is 5.41 Å². The molecular weight excluding hydrogens is 314 g/mol. The van der Waals surface area contributed by atoms with Gasteiger partial charge >= 0.3 is 0 Å². The molecule has 3 heterocycles. The zero-order chi connectivity index (χ0) is 17.1. The number of carbonyl (C=O) groups is 1. The van der Waals surface area contributed by atoms with E-state index in [1.165, 1.54) is 5.56 Å². The molecule has 1 amide bonds. The minimum absolute atomic E-state index is 0.0896. The highest BCUT2D eigenvalue weighted by atomic mass is 16.5. The lowest BCUT2D eigenvalue weighted by molar-refractivity contribution is -0.153. The van der Waals surface area contributed by atoms with Crippen LogP contribution in [0.1, 0.15) is 17.2 Å². The summed E-state index contributed by atoms with van der Waals surface area (Å²) in [4.78, 5) is 19.4. The van der Waals surface area contributed by atoms with Crippen molar-refractivity contribution in [2.45, 2.75) is 12.5 Å². The highest BCUT2D eigenvalue weighted by Crippen LogP contribution is 2.32. The molecule has 5 heteroatoms. The first kappa shape index (κ1) is 16.2. The van der Waals surface area contributed by atoms with Crippen molar-refractivity contribution >= 4 is 5.91 Å². The van der Waals surface area contributed by atoms with Gasteiger partial charge in [0.25, 0.3) is 0 Å². The summed E-state index contributed by atoms with van der Waals surface area (Å²) in [5.41, 5.74) is 1.93. The maximum absolute atomic E-state index is 13.3. The van der Waals surface area contributed by atoms with Gasteiger partial charge in [-0.05, 0) is 18.1 Å². The molecule has 5 nitrogen and oxygen atoms in total. The summed E-state index contributed by atoms with van der Waals surface area (Å²) in [6, 6.07) is 14.2. The van der Waals surface area contributed by atoms with Gasteiger partial charge < -0.3 is 15.0 Å². The molecule has 1 aromatic carbocycles. The molecule has 130 valence electrons. The number of hydrogen-bond donors (Lipinski definition) is 1. The Morgan fingerprint density at radius 3 is 2.76 bits per heavy atom. The zero-order valence-electron chi connectivity index (χ0n) is 14.2. The molecule has 1 aromatic heterocycles. The monoisotopic (exact) mass is 337 g/mol. The molecule has 0 aliphatic carbocycles. The Morgan fingerprint density at radius 1 is 1.24 bits per heavy atom. The molecule has 0 radical (unpaired) electrons. The van der Waals surface area contributed by atoms with Gasteiger partial charge in [-0.2, -0.15) is 0 Å². The predicted octanol–water partition coefficient (Wildman–Crippen LogP) is 1.81. The molecule has 25 heavy (non-hydrogen) atoms. The summed E-state index contributed by atoms with van der Waals surface area (Å²) in [7, 11) is 0. The van der Waals surface area contributed by atoms with E-state index in [4.69, 9.17) is 4.74 Å². The third-order valence-electron chi connectivity index (χ3n) is 5.18. The first-order valence-corrected chi connectivity index (χ1v) is 8.82. The van der Waals surface area contributed by atoms with Crippen LogP contribution in [-0.2, 0) is 16.0 Å². The number of benzene rings is 1. The van der Waals surface area contributed by atoms with Gasteiger partial charge in [0.15, 0.2) is 0 Å². The highest BCUT2D eigenvalue weighted by molar-refractivity contribution is 5.85. The number of morpholine rings is 1. The van der Waals surface area contributed by atoms with Crippen LogP contribution in [0.3, 0.4) is 0 Å². The lowest BCUT2D eigenvalue weighted by Crippen LogP contribution is -2.64. The van der Waals surface area contributed by atoms with Crippen molar-refractivity contribution in [2.75, 3.05) is 32.8 Å². The van der Waals surface area contributed by atoms with Crippen molar-refractivity contribution in [1.29, 1.82) is 0 Å². The standard InChI is InChI=1S/C20H23N3O2/c24-19(20(14-22-15-20)11-16-5-2-1-3-6-16)23-9-10-25-18(13-23)17-7-4-8-21-12-17/h1-8,12,18,22H,9-11,13-15H2. The van der Waals surface area contributed by atoms with E-state index in [-0.39, 0.29) is 17.4 Å². The fraction of sp³-hybridized carbons (Fsp3) is 0.400. The zero-order valence-corrected chi connectivity index (χ0v) is 14.2. The van der Waals surface area contributed by atoms with E-state index in [0.717, 1.165) is 25.1 Å². The maximum Gasteiger partial charge on any atom is 0.231 e. The van der Waals surface area contributed by atoms with Crippen molar-refractivity contribution in [3.8, 4) is 0 Å². The van der Waals surface area contributed by atoms with Crippen LogP contribution in [-0.4, -0.2) is 48.6 Å². The van der Waals surface area contributed by atoms with Crippen LogP contribution in [0.5, 0.6) is 0 Å². The predicted molar refractivity (Wildman–Crippen MR) is 95.0 cm³/mol. The molecule has 2 saturated heterocycles. The fourth-order valence-corrected chi connectivity index (χ4v) is 3.70. The third kappa shape index (κ3) is 3.30. The van der Waals surface area contributed by atoms with Gasteiger partial charge in [-0.1, -0.05) is 36.4 Å². The Balaban J connectivity index is 1.49. The van der Waals surface area contributed by atoms with Gasteiger partial charge in [0.1, 0.15) is 6.10 Å². The average Bonchev–Trinajstić information content (AvgIpc) is 2.66. The van der Waals surface area contributed by atoms with E-state index in [1.807, 2.05) is 41.4 Å². The third-order valence-corrected chi connectivity index (χ3v) is 5.18. The van der Waals surface area contributed by atoms with Crippen molar-refractivity contribution < 1.29 is 9.53 Å². The van der Waals surface area contributed by atoms with Gasteiger partial charge in [0.05, 0.1) is 18.6 Å². The quantitative estimate of drug-likeness (QED) is 0.925. The molecule has 2 aliphatic rings. The molecular formula is C20H23N3O2. The Morgan fingerprint density at radius 2 is 2.08 bits per heavy atom. The van der Waals surface area contributed by atoms with Gasteiger partial charge in [0, 0.05) is 37.6 Å². The van der Waals surface area contributed by atoms with E-state index >= 15 is 0 Å². The summed E-state index contributed by atoms with van der Waals surface area (Å²) in [5, 5.41) is 3.30. The Labute approximate surface area is 148 Å². The first-order valence-electron chi connectivity index (χ1n) is 8.82. The molecule has 2 aromatic rings. The Kier molecular flexibility index (Phi) is 4.51. The van der Waals surface area contributed by atoms with Gasteiger partial charge in [-0.25, -0.2) is 0 Å². The SMILES string of the molecule is O=C(N1CCOC(c2cccnc2)C1)C1(Cc2ccccc2)CNC1. The molecule has 0 saturated carbocycles. The number of rotatable bonds is 4. The minimum atomic E-state index is -0.321. The lowest BCUT2D eigenvalue weighted by atomic mass is 9.75. The van der Waals surface area contributed by atoms with Crippen LogP contribution in [0.2, 0.25) is 0 Å². The maximum atomic E-state index is 13.3. The normalized spacial score (nSPS) is 22.2. The number of ether oxygens (including phenoxy) is 1. The van der Waals surface area contributed by atoms with E-state index in [0.29, 0.717) is 19.7 Å². The fourth-order valence-electron chi connectivity index (χ4n) is 3.70. The van der Waals surface area contributed by atoms with Crippen LogP contribution in [0, 0.1) is 5.41 Å². The molecule has 2 fully saturated rings. The summed E-state index contributed by atoms with van der Waals surface area (Å²) >= 11 is 0. The van der Waals surface area contributed by atoms with Crippen molar-refractivity contribution in [1.82, 2.24) is 15.2 Å². The van der Waals surface area contributed by atoms with Crippen LogP contribution in [0.25, 0.3) is 0 Å². The van der Waals surface area contributed by atoms with Crippen LogP contribution < -0.4 is 5.32 Å². The summed E-state index contributed by atoms with van der Waals surface area (Å²) in [6.45, 7) is 3.32. The average molecular weight is 337 g/mol. The number of aromatic nitrogens is 1. The number of nitrogens with one attached hydrogen (secondary N) is 1. The van der Waals surface area contributed by atoms with Crippen LogP contribution in [0.4, 0.5) is 0 Å². The molecule has 1 atom stereocenters. The lowest BCUT2D eigenvalue weighted by Gasteiger charge is -2.46. The van der Waals surface area contributed by atoms with Gasteiger partial charge in [-0.3, -0.25) is 9.78 Å². The van der Waals surface area contributed by atoms with Crippen LogP contribution in [0.15, 0.2) is 54.9 Å². The Bertz CT molecular complexity index is 716. The van der Waals surface area contributed by atoms with Crippen molar-refractivity contribution in [3.05, 3.63) is 66.0 Å². The second-order valence-electron chi connectivity index (χ2n) is 6.94. The smallest absolute Gasteiger partial charge is 0.231 e. The van der Waals surface area contributed by atoms with Crippen LogP contribution >= 0.6 is 0 Å². The van der Waals surface area contributed by atoms with Gasteiger partial charge in [0.2, 0.25) is 5.91 Å². The molecule has 1 unspecified atom stereocenters. The highest BCUT2D eigenvalue weighted by Gasteiger charge is 2.47. The summed E-state index contributed by atoms with van der Waals surface area (Å²) < 4.78 is 5.88. The molecule has 1 N–H and O–H groups in total. The molecule has 2 aliphatic heterocycles. The molecule has 0 spiro atoms. The van der Waals surface area contributed by atoms with E-state index in [9.17, 15) is 4.79 Å². The number of pyridine rings is 1. The second kappa shape index (κ2) is 6.94. The number of amides is 1. The van der Waals surface area contributed by atoms with E-state index in [2.05, 4.69) is 22.4 Å². The second-order valence-corrected chi connectivity index (χ2v) is 6.94. The number of carbonyl (C=O) groups excluding carboxylic acids is 1. The topological polar surface area (TPSA) is 54.5 Å². The van der Waals surface area contributed by atoms with E-state index in [1.54, 1.807) is 6.20 Å². The first-order chi connectivity index (χ1) is 12.3. The summed E-state index contributed by atoms with van der Waals surface area (Å²) in [5.74, 6) is 0.243. The Hall–Kier alpha value is -2.24. The minimum Gasteiger partial charge on any atom is -0.370 e. The molecule has 4 rings (SSSR count). The number of nitrogens with zero attached hydrogens (tertiary/aromatic N) is 2. The largest absolute Gasteiger partial charge is 0.370 e. The summed E-state index contributed by atoms with van der Waals surface area (Å²) in [6.07, 6.45) is 4.27. The van der Waals surface area contributed by atoms with Crippen molar-refractivity contribution in [3.63, 3.8) is 0 Å².